The SMILES string of the molecule is COc1ccc(CNC(=O)[C@@H]2CC(=O)N(c3ccc(OCC(=O)Nc4ccccc4C)cc3)C2)cc1. The molecule has 0 spiro atoms. The minimum atomic E-state index is -0.420. The summed E-state index contributed by atoms with van der Waals surface area (Å²) in [6.45, 7) is 2.49. The number of para-hydroxylation sites is 1. The highest BCUT2D eigenvalue weighted by molar-refractivity contribution is 6.00. The molecule has 36 heavy (non-hydrogen) atoms. The number of methoxy groups -OCH3 is 1. The van der Waals surface area contributed by atoms with Crippen LogP contribution in [-0.4, -0.2) is 38.0 Å². The van der Waals surface area contributed by atoms with Crippen molar-refractivity contribution >= 4 is 29.1 Å². The minimum Gasteiger partial charge on any atom is -0.497 e. The highest BCUT2D eigenvalue weighted by Crippen LogP contribution is 2.27. The van der Waals surface area contributed by atoms with Gasteiger partial charge in [0, 0.05) is 30.9 Å². The van der Waals surface area contributed by atoms with Crippen LogP contribution in [0.2, 0.25) is 0 Å². The molecule has 3 amide bonds. The minimum absolute atomic E-state index is 0.106. The fraction of sp³-hybridized carbons (Fsp3) is 0.250. The van der Waals surface area contributed by atoms with Gasteiger partial charge < -0.3 is 25.0 Å². The molecular formula is C28H29N3O5. The van der Waals surface area contributed by atoms with Gasteiger partial charge in [-0.1, -0.05) is 30.3 Å². The molecule has 1 saturated heterocycles. The second-order valence-electron chi connectivity index (χ2n) is 8.62. The Bertz CT molecular complexity index is 1220. The van der Waals surface area contributed by atoms with E-state index in [9.17, 15) is 14.4 Å². The number of amides is 3. The molecule has 1 atom stereocenters. The van der Waals surface area contributed by atoms with Crippen molar-refractivity contribution in [3.8, 4) is 11.5 Å². The first kappa shape index (κ1) is 24.8. The second-order valence-corrected chi connectivity index (χ2v) is 8.62. The molecule has 2 N–H and O–H groups in total. The van der Waals surface area contributed by atoms with Gasteiger partial charge in [0.2, 0.25) is 11.8 Å². The predicted molar refractivity (Wildman–Crippen MR) is 137 cm³/mol. The molecule has 3 aromatic rings. The van der Waals surface area contributed by atoms with Gasteiger partial charge in [0.15, 0.2) is 6.61 Å². The number of carbonyl (C=O) groups is 3. The first-order chi connectivity index (χ1) is 17.4. The van der Waals surface area contributed by atoms with Gasteiger partial charge in [0.25, 0.3) is 5.91 Å². The molecule has 1 heterocycles. The van der Waals surface area contributed by atoms with Crippen LogP contribution in [0.5, 0.6) is 11.5 Å². The first-order valence-corrected chi connectivity index (χ1v) is 11.7. The van der Waals surface area contributed by atoms with Crippen molar-refractivity contribution < 1.29 is 23.9 Å². The van der Waals surface area contributed by atoms with Gasteiger partial charge in [-0.25, -0.2) is 0 Å². The van der Waals surface area contributed by atoms with Crippen molar-refractivity contribution in [1.82, 2.24) is 5.32 Å². The summed E-state index contributed by atoms with van der Waals surface area (Å²) in [5, 5.41) is 5.73. The topological polar surface area (TPSA) is 97.0 Å². The number of rotatable bonds is 9. The van der Waals surface area contributed by atoms with Crippen LogP contribution in [0.25, 0.3) is 0 Å². The smallest absolute Gasteiger partial charge is 0.262 e. The lowest BCUT2D eigenvalue weighted by Crippen LogP contribution is -2.32. The number of carbonyl (C=O) groups excluding carboxylic acids is 3. The summed E-state index contributed by atoms with van der Waals surface area (Å²) >= 11 is 0. The van der Waals surface area contributed by atoms with Gasteiger partial charge in [-0.15, -0.1) is 0 Å². The summed E-state index contributed by atoms with van der Waals surface area (Å²) in [4.78, 5) is 39.0. The van der Waals surface area contributed by atoms with Crippen LogP contribution in [-0.2, 0) is 20.9 Å². The molecule has 8 heteroatoms. The van der Waals surface area contributed by atoms with Crippen LogP contribution in [0.15, 0.2) is 72.8 Å². The number of anilines is 2. The monoisotopic (exact) mass is 487 g/mol. The lowest BCUT2D eigenvalue weighted by molar-refractivity contribution is -0.126. The molecule has 1 fully saturated rings. The van der Waals surface area contributed by atoms with Crippen LogP contribution >= 0.6 is 0 Å². The molecule has 0 unspecified atom stereocenters. The third-order valence-corrected chi connectivity index (χ3v) is 6.06. The van der Waals surface area contributed by atoms with Gasteiger partial charge in [-0.2, -0.15) is 0 Å². The second kappa shape index (κ2) is 11.4. The molecule has 8 nitrogen and oxygen atoms in total. The summed E-state index contributed by atoms with van der Waals surface area (Å²) in [5.41, 5.74) is 3.35. The largest absolute Gasteiger partial charge is 0.497 e. The van der Waals surface area contributed by atoms with Crippen molar-refractivity contribution in [3.63, 3.8) is 0 Å². The number of hydrogen-bond acceptors (Lipinski definition) is 5. The van der Waals surface area contributed by atoms with Crippen molar-refractivity contribution in [1.29, 1.82) is 0 Å². The summed E-state index contributed by atoms with van der Waals surface area (Å²) in [6.07, 6.45) is 0.159. The Morgan fingerprint density at radius 2 is 1.67 bits per heavy atom. The number of ether oxygens (including phenoxy) is 2. The van der Waals surface area contributed by atoms with E-state index in [0.717, 1.165) is 22.6 Å². The van der Waals surface area contributed by atoms with Gasteiger partial charge in [0.1, 0.15) is 11.5 Å². The van der Waals surface area contributed by atoms with Crippen molar-refractivity contribution in [2.45, 2.75) is 19.9 Å². The maximum atomic E-state index is 12.6. The molecule has 4 rings (SSSR count). The zero-order valence-electron chi connectivity index (χ0n) is 20.3. The van der Waals surface area contributed by atoms with E-state index < -0.39 is 5.92 Å². The van der Waals surface area contributed by atoms with Crippen LogP contribution < -0.4 is 25.0 Å². The van der Waals surface area contributed by atoms with E-state index in [4.69, 9.17) is 9.47 Å². The number of benzene rings is 3. The van der Waals surface area contributed by atoms with E-state index in [-0.39, 0.29) is 30.7 Å². The maximum Gasteiger partial charge on any atom is 0.262 e. The van der Waals surface area contributed by atoms with E-state index in [0.29, 0.717) is 24.5 Å². The summed E-state index contributed by atoms with van der Waals surface area (Å²) in [7, 11) is 1.60. The predicted octanol–water partition coefficient (Wildman–Crippen LogP) is 3.69. The third kappa shape index (κ3) is 6.21. The Morgan fingerprint density at radius 1 is 0.972 bits per heavy atom. The van der Waals surface area contributed by atoms with Gasteiger partial charge >= 0.3 is 0 Å². The van der Waals surface area contributed by atoms with E-state index in [2.05, 4.69) is 10.6 Å². The zero-order valence-corrected chi connectivity index (χ0v) is 20.3. The summed E-state index contributed by atoms with van der Waals surface area (Å²) in [5.74, 6) is 0.332. The van der Waals surface area contributed by atoms with E-state index in [1.54, 1.807) is 36.3 Å². The van der Waals surface area contributed by atoms with Gasteiger partial charge in [0.05, 0.1) is 13.0 Å². The van der Waals surface area contributed by atoms with Gasteiger partial charge in [-0.05, 0) is 60.5 Å². The van der Waals surface area contributed by atoms with Crippen LogP contribution in [0.3, 0.4) is 0 Å². The Hall–Kier alpha value is -4.33. The van der Waals surface area contributed by atoms with E-state index in [1.165, 1.54) is 0 Å². The molecule has 0 aliphatic carbocycles. The Kier molecular flexibility index (Phi) is 7.85. The van der Waals surface area contributed by atoms with Crippen LogP contribution in [0, 0.1) is 12.8 Å². The Morgan fingerprint density at radius 3 is 2.36 bits per heavy atom. The van der Waals surface area contributed by atoms with Crippen molar-refractivity contribution in [2.75, 3.05) is 30.5 Å². The fourth-order valence-corrected chi connectivity index (χ4v) is 3.98. The third-order valence-electron chi connectivity index (χ3n) is 6.06. The standard InChI is InChI=1S/C28H29N3O5/c1-19-5-3-4-6-25(19)30-26(32)18-36-24-13-9-22(10-14-24)31-17-21(15-27(31)33)28(34)29-16-20-7-11-23(35-2)12-8-20/h3-14,21H,15-18H2,1-2H3,(H,29,34)(H,30,32)/t21-/m1/s1. The number of hydrogen-bond donors (Lipinski definition) is 2. The zero-order chi connectivity index (χ0) is 25.5. The molecule has 1 aliphatic rings. The highest BCUT2D eigenvalue weighted by atomic mass is 16.5. The summed E-state index contributed by atoms with van der Waals surface area (Å²) < 4.78 is 10.7. The number of nitrogens with zero attached hydrogens (tertiary/aromatic N) is 1. The molecule has 0 saturated carbocycles. The lowest BCUT2D eigenvalue weighted by atomic mass is 10.1. The molecule has 0 radical (unpaired) electrons. The average molecular weight is 488 g/mol. The first-order valence-electron chi connectivity index (χ1n) is 11.7. The fourth-order valence-electron chi connectivity index (χ4n) is 3.98. The Labute approximate surface area is 210 Å². The lowest BCUT2D eigenvalue weighted by Gasteiger charge is -2.17. The Balaban J connectivity index is 1.26. The maximum absolute atomic E-state index is 12.6. The van der Waals surface area contributed by atoms with Crippen LogP contribution in [0.1, 0.15) is 17.5 Å². The van der Waals surface area contributed by atoms with Crippen LogP contribution in [0.4, 0.5) is 11.4 Å². The number of nitrogens with one attached hydrogen (secondary N) is 2. The molecule has 0 aromatic heterocycles. The summed E-state index contributed by atoms with van der Waals surface area (Å²) in [6, 6.07) is 21.9. The molecular weight excluding hydrogens is 458 g/mol. The van der Waals surface area contributed by atoms with Crippen molar-refractivity contribution in [3.05, 3.63) is 83.9 Å². The van der Waals surface area contributed by atoms with E-state index >= 15 is 0 Å². The molecule has 0 bridgehead atoms. The molecule has 3 aromatic carbocycles. The van der Waals surface area contributed by atoms with E-state index in [1.807, 2.05) is 55.5 Å². The molecule has 1 aliphatic heterocycles. The van der Waals surface area contributed by atoms with Gasteiger partial charge in [-0.3, -0.25) is 14.4 Å². The molecule has 186 valence electrons. The average Bonchev–Trinajstić information content (AvgIpc) is 3.29. The quantitative estimate of drug-likeness (QED) is 0.480. The normalized spacial score (nSPS) is 14.9. The number of aryl methyl sites for hydroxylation is 1. The highest BCUT2D eigenvalue weighted by Gasteiger charge is 2.35. The van der Waals surface area contributed by atoms with Crippen molar-refractivity contribution in [2.24, 2.45) is 5.92 Å².